The van der Waals surface area contributed by atoms with Gasteiger partial charge in [0.25, 0.3) is 0 Å². The first kappa shape index (κ1) is 16.3. The van der Waals surface area contributed by atoms with E-state index in [1.54, 1.807) is 31.2 Å². The number of nitrogens with one attached hydrogen (secondary N) is 1. The molecule has 116 valence electrons. The molecule has 0 radical (unpaired) electrons. The molecular weight excluding hydrogens is 294 g/mol. The van der Waals surface area contributed by atoms with Crippen LogP contribution >= 0.6 is 0 Å². The van der Waals surface area contributed by atoms with E-state index in [1.807, 2.05) is 6.07 Å². The fourth-order valence-electron chi connectivity index (χ4n) is 2.18. The van der Waals surface area contributed by atoms with Gasteiger partial charge in [0.15, 0.2) is 0 Å². The quantitative estimate of drug-likeness (QED) is 0.403. The molecule has 1 heterocycles. The maximum Gasteiger partial charge on any atom is 0.338 e. The summed E-state index contributed by atoms with van der Waals surface area (Å²) in [4.78, 5) is 23.8. The van der Waals surface area contributed by atoms with Gasteiger partial charge in [0, 0.05) is 0 Å². The highest BCUT2D eigenvalue weighted by Gasteiger charge is 2.44. The van der Waals surface area contributed by atoms with Gasteiger partial charge in [-0.05, 0) is 19.1 Å². The normalized spacial score (nSPS) is 21.7. The van der Waals surface area contributed by atoms with Crippen molar-refractivity contribution in [2.24, 2.45) is 5.92 Å². The molecule has 0 aromatic heterocycles. The molecule has 1 N–H and O–H groups in total. The number of hydrogen-bond donors (Lipinski definition) is 1. The average molecular weight is 315 g/mol. The van der Waals surface area contributed by atoms with Crippen LogP contribution in [-0.4, -0.2) is 32.1 Å². The Hall–Kier alpha value is -2.06. The van der Waals surface area contributed by atoms with Crippen LogP contribution in [0, 0.1) is 17.4 Å². The molecule has 1 saturated heterocycles. The lowest BCUT2D eigenvalue weighted by atomic mass is 9.86. The Morgan fingerprint density at radius 2 is 1.91 bits per heavy atom. The van der Waals surface area contributed by atoms with Crippen LogP contribution in [0.3, 0.4) is 0 Å². The molecule has 22 heavy (non-hydrogen) atoms. The Morgan fingerprint density at radius 1 is 1.27 bits per heavy atom. The van der Waals surface area contributed by atoms with Crippen molar-refractivity contribution in [3.63, 3.8) is 0 Å². The second-order valence-corrected chi connectivity index (χ2v) is 11.3. The van der Waals surface area contributed by atoms with Gasteiger partial charge in [0.1, 0.15) is 26.1 Å². The molecule has 0 bridgehead atoms. The molecule has 2 rings (SSSR count). The van der Waals surface area contributed by atoms with Crippen molar-refractivity contribution in [3.8, 4) is 11.5 Å². The van der Waals surface area contributed by atoms with E-state index in [2.05, 4.69) is 36.4 Å². The van der Waals surface area contributed by atoms with E-state index < -0.39 is 26.1 Å². The van der Waals surface area contributed by atoms with Crippen LogP contribution in [0.4, 0.5) is 0 Å². The molecule has 1 aliphatic heterocycles. The van der Waals surface area contributed by atoms with Crippen molar-refractivity contribution in [1.29, 1.82) is 0 Å². The molecule has 3 atom stereocenters. The summed E-state index contributed by atoms with van der Waals surface area (Å²) in [6.07, 6.45) is -0.498. The van der Waals surface area contributed by atoms with E-state index in [-0.39, 0.29) is 11.9 Å². The molecule has 0 aliphatic carbocycles. The summed E-state index contributed by atoms with van der Waals surface area (Å²) in [5, 5.41) is 2.78. The van der Waals surface area contributed by atoms with Crippen molar-refractivity contribution in [2.45, 2.75) is 38.7 Å². The zero-order valence-electron chi connectivity index (χ0n) is 13.3. The number of benzene rings is 1. The van der Waals surface area contributed by atoms with E-state index in [0.29, 0.717) is 5.56 Å². The summed E-state index contributed by atoms with van der Waals surface area (Å²) >= 11 is 0. The van der Waals surface area contributed by atoms with Gasteiger partial charge in [-0.25, -0.2) is 4.79 Å². The fourth-order valence-corrected chi connectivity index (χ4v) is 2.77. The van der Waals surface area contributed by atoms with Gasteiger partial charge in [0.05, 0.1) is 5.56 Å². The minimum atomic E-state index is -1.49. The van der Waals surface area contributed by atoms with Crippen molar-refractivity contribution < 1.29 is 14.3 Å². The number of rotatable bonds is 3. The predicted molar refractivity (Wildman–Crippen MR) is 87.9 cm³/mol. The van der Waals surface area contributed by atoms with Gasteiger partial charge in [-0.1, -0.05) is 43.8 Å². The second-order valence-electron chi connectivity index (χ2n) is 6.51. The topological polar surface area (TPSA) is 55.4 Å². The van der Waals surface area contributed by atoms with Crippen LogP contribution in [0.5, 0.6) is 0 Å². The van der Waals surface area contributed by atoms with E-state index in [9.17, 15) is 9.59 Å². The first-order chi connectivity index (χ1) is 10.3. The number of esters is 1. The van der Waals surface area contributed by atoms with Crippen LogP contribution in [0.25, 0.3) is 0 Å². The third kappa shape index (κ3) is 3.98. The monoisotopic (exact) mass is 315 g/mol. The highest BCUT2D eigenvalue weighted by Crippen LogP contribution is 2.22. The molecular formula is C17H21NO3Si. The third-order valence-electron chi connectivity index (χ3n) is 3.37. The Labute approximate surface area is 132 Å². The van der Waals surface area contributed by atoms with E-state index >= 15 is 0 Å². The third-order valence-corrected chi connectivity index (χ3v) is 4.26. The maximum atomic E-state index is 12.0. The number of hydrogen-bond acceptors (Lipinski definition) is 3. The Kier molecular flexibility index (Phi) is 4.72. The van der Waals surface area contributed by atoms with Crippen LogP contribution in [0.2, 0.25) is 19.6 Å². The van der Waals surface area contributed by atoms with E-state index in [1.165, 1.54) is 0 Å². The molecule has 0 unspecified atom stereocenters. The van der Waals surface area contributed by atoms with Crippen molar-refractivity contribution >= 4 is 20.0 Å². The van der Waals surface area contributed by atoms with E-state index in [0.717, 1.165) is 0 Å². The number of amides is 1. The number of carbonyl (C=O) groups is 2. The minimum absolute atomic E-state index is 0.108. The SMILES string of the molecule is C[C@@H](OC(=O)c1ccccc1)[C@H]1C(=O)N[C@H]1C#C[Si](C)(C)C. The van der Waals surface area contributed by atoms with Crippen LogP contribution in [0.1, 0.15) is 17.3 Å². The number of ether oxygens (including phenoxy) is 1. The van der Waals surface area contributed by atoms with Crippen molar-refractivity contribution in [2.75, 3.05) is 0 Å². The molecule has 1 aliphatic rings. The zero-order valence-corrected chi connectivity index (χ0v) is 14.3. The summed E-state index contributed by atoms with van der Waals surface area (Å²) in [5.74, 6) is 2.21. The standard InChI is InChI=1S/C17H21NO3Si/c1-12(21-17(20)13-8-6-5-7-9-13)15-14(18-16(15)19)10-11-22(2,3)4/h5-9,12,14-15H,1-4H3,(H,18,19)/t12-,14+,15-/m1/s1. The molecule has 1 aromatic rings. The van der Waals surface area contributed by atoms with Gasteiger partial charge in [0.2, 0.25) is 5.91 Å². The lowest BCUT2D eigenvalue weighted by Crippen LogP contribution is -2.62. The first-order valence-electron chi connectivity index (χ1n) is 7.37. The number of β-lactam (4-membered cyclic amide) rings is 1. The predicted octanol–water partition coefficient (Wildman–Crippen LogP) is 2.23. The largest absolute Gasteiger partial charge is 0.458 e. The summed E-state index contributed by atoms with van der Waals surface area (Å²) in [6.45, 7) is 8.19. The smallest absolute Gasteiger partial charge is 0.338 e. The van der Waals surface area contributed by atoms with Gasteiger partial charge in [-0.3, -0.25) is 4.79 Å². The summed E-state index contributed by atoms with van der Waals surface area (Å²) in [7, 11) is -1.49. The average Bonchev–Trinajstić information content (AvgIpc) is 2.42. The zero-order chi connectivity index (χ0) is 16.3. The van der Waals surface area contributed by atoms with Crippen molar-refractivity contribution in [3.05, 3.63) is 35.9 Å². The molecule has 5 heteroatoms. The lowest BCUT2D eigenvalue weighted by molar-refractivity contribution is -0.138. The maximum absolute atomic E-state index is 12.0. The summed E-state index contributed by atoms with van der Waals surface area (Å²) in [6, 6.07) is 8.55. The number of carbonyl (C=O) groups excluding carboxylic acids is 2. The first-order valence-corrected chi connectivity index (χ1v) is 10.9. The van der Waals surface area contributed by atoms with Crippen LogP contribution < -0.4 is 5.32 Å². The highest BCUT2D eigenvalue weighted by atomic mass is 28.3. The Bertz CT molecular complexity index is 625. The van der Waals surface area contributed by atoms with Crippen LogP contribution in [-0.2, 0) is 9.53 Å². The molecule has 1 amide bonds. The van der Waals surface area contributed by atoms with E-state index in [4.69, 9.17) is 4.74 Å². The highest BCUT2D eigenvalue weighted by molar-refractivity contribution is 6.83. The molecule has 0 spiro atoms. The molecule has 0 saturated carbocycles. The van der Waals surface area contributed by atoms with Gasteiger partial charge in [-0.2, -0.15) is 0 Å². The Balaban J connectivity index is 2.01. The van der Waals surface area contributed by atoms with Gasteiger partial charge < -0.3 is 10.1 Å². The van der Waals surface area contributed by atoms with Crippen molar-refractivity contribution in [1.82, 2.24) is 5.32 Å². The van der Waals surface area contributed by atoms with Gasteiger partial charge in [-0.15, -0.1) is 5.54 Å². The minimum Gasteiger partial charge on any atom is -0.458 e. The summed E-state index contributed by atoms with van der Waals surface area (Å²) in [5.41, 5.74) is 3.73. The fraction of sp³-hybridized carbons (Fsp3) is 0.412. The summed E-state index contributed by atoms with van der Waals surface area (Å²) < 4.78 is 5.42. The lowest BCUT2D eigenvalue weighted by Gasteiger charge is -2.36. The Morgan fingerprint density at radius 3 is 2.45 bits per heavy atom. The van der Waals surface area contributed by atoms with Crippen LogP contribution in [0.15, 0.2) is 30.3 Å². The van der Waals surface area contributed by atoms with Gasteiger partial charge >= 0.3 is 5.97 Å². The molecule has 1 aromatic carbocycles. The molecule has 4 nitrogen and oxygen atoms in total. The molecule has 1 fully saturated rings. The second kappa shape index (κ2) is 6.37.